The molecule has 9 heteroatoms. The largest absolute Gasteiger partial charge is 0.435 e. The predicted octanol–water partition coefficient (Wildman–Crippen LogP) is 3.98. The summed E-state index contributed by atoms with van der Waals surface area (Å²) in [5.41, 5.74) is -0.596. The van der Waals surface area contributed by atoms with Crippen LogP contribution in [0.4, 0.5) is 13.2 Å². The molecule has 26 heavy (non-hydrogen) atoms. The van der Waals surface area contributed by atoms with Crippen molar-refractivity contribution in [3.8, 4) is 5.69 Å². The van der Waals surface area contributed by atoms with Crippen molar-refractivity contribution in [2.24, 2.45) is 5.14 Å². The first-order valence-corrected chi connectivity index (χ1v) is 10.0. The Morgan fingerprint density at radius 1 is 1.08 bits per heavy atom. The number of nitrogens with two attached hydrogens (primary N) is 1. The molecule has 2 aromatic rings. The van der Waals surface area contributed by atoms with Crippen molar-refractivity contribution >= 4 is 10.0 Å². The summed E-state index contributed by atoms with van der Waals surface area (Å²) in [6.45, 7) is 0. The summed E-state index contributed by atoms with van der Waals surface area (Å²) in [6, 6.07) is 6.76. The van der Waals surface area contributed by atoms with Gasteiger partial charge in [0, 0.05) is 11.6 Å². The van der Waals surface area contributed by atoms with E-state index in [1.807, 2.05) is 0 Å². The molecule has 1 saturated carbocycles. The zero-order valence-corrected chi connectivity index (χ0v) is 14.9. The Bertz CT molecular complexity index is 883. The summed E-state index contributed by atoms with van der Waals surface area (Å²) in [5.74, 6) is -0.102. The normalized spacial score (nSPS) is 17.2. The van der Waals surface area contributed by atoms with E-state index in [9.17, 15) is 21.6 Å². The van der Waals surface area contributed by atoms with Crippen molar-refractivity contribution < 1.29 is 21.6 Å². The van der Waals surface area contributed by atoms with Gasteiger partial charge in [-0.3, -0.25) is 0 Å². The van der Waals surface area contributed by atoms with Gasteiger partial charge in [0.15, 0.2) is 5.69 Å². The van der Waals surface area contributed by atoms with Gasteiger partial charge < -0.3 is 0 Å². The van der Waals surface area contributed by atoms with Crippen LogP contribution in [0.25, 0.3) is 5.69 Å². The predicted molar refractivity (Wildman–Crippen MR) is 90.4 cm³/mol. The van der Waals surface area contributed by atoms with Gasteiger partial charge in [0.1, 0.15) is 4.90 Å². The summed E-state index contributed by atoms with van der Waals surface area (Å²) in [4.78, 5) is -0.244. The molecule has 1 aromatic heterocycles. The topological polar surface area (TPSA) is 78.0 Å². The Morgan fingerprint density at radius 3 is 2.27 bits per heavy atom. The van der Waals surface area contributed by atoms with E-state index < -0.39 is 21.9 Å². The fraction of sp³-hybridized carbons (Fsp3) is 0.471. The molecule has 1 aliphatic rings. The Kier molecular flexibility index (Phi) is 5.12. The van der Waals surface area contributed by atoms with Gasteiger partial charge in [-0.15, -0.1) is 0 Å². The van der Waals surface area contributed by atoms with Gasteiger partial charge in [-0.05, 0) is 31.0 Å². The number of halogens is 3. The van der Waals surface area contributed by atoms with E-state index in [1.54, 1.807) is 6.07 Å². The fourth-order valence-electron chi connectivity index (χ4n) is 3.47. The lowest BCUT2D eigenvalue weighted by Gasteiger charge is -2.17. The summed E-state index contributed by atoms with van der Waals surface area (Å²) in [6.07, 6.45) is 0.833. The van der Waals surface area contributed by atoms with Crippen LogP contribution in [-0.4, -0.2) is 18.2 Å². The Morgan fingerprint density at radius 2 is 1.69 bits per heavy atom. The Labute approximate surface area is 150 Å². The second kappa shape index (κ2) is 7.03. The third-order valence-corrected chi connectivity index (χ3v) is 5.66. The average molecular weight is 387 g/mol. The maximum atomic E-state index is 13.3. The van der Waals surface area contributed by atoms with Crippen LogP contribution in [0.1, 0.15) is 55.8 Å². The molecule has 0 atom stereocenters. The lowest BCUT2D eigenvalue weighted by atomic mass is 9.96. The number of alkyl halides is 3. The molecular formula is C17H20F3N3O2S. The van der Waals surface area contributed by atoms with Crippen molar-refractivity contribution in [1.29, 1.82) is 0 Å². The zero-order chi connectivity index (χ0) is 18.9. The molecule has 0 aliphatic heterocycles. The molecule has 1 fully saturated rings. The molecular weight excluding hydrogens is 367 g/mol. The number of nitrogens with zero attached hydrogens (tertiary/aromatic N) is 2. The molecule has 0 saturated heterocycles. The molecule has 0 unspecified atom stereocenters. The number of primary sulfonamides is 1. The fourth-order valence-corrected chi connectivity index (χ4v) is 4.18. The molecule has 1 aromatic carbocycles. The van der Waals surface area contributed by atoms with E-state index in [1.165, 1.54) is 18.2 Å². The smallest absolute Gasteiger partial charge is 0.236 e. The van der Waals surface area contributed by atoms with Crippen LogP contribution in [0.15, 0.2) is 35.2 Å². The molecule has 1 aliphatic carbocycles. The Balaban J connectivity index is 2.19. The maximum Gasteiger partial charge on any atom is 0.435 e. The van der Waals surface area contributed by atoms with Crippen LogP contribution in [0.5, 0.6) is 0 Å². The second-order valence-corrected chi connectivity index (χ2v) is 8.10. The van der Waals surface area contributed by atoms with Gasteiger partial charge in [0.05, 0.1) is 5.69 Å². The van der Waals surface area contributed by atoms with Gasteiger partial charge in [-0.2, -0.15) is 18.3 Å². The van der Waals surface area contributed by atoms with Gasteiger partial charge >= 0.3 is 6.18 Å². The van der Waals surface area contributed by atoms with Gasteiger partial charge in [0.25, 0.3) is 0 Å². The highest BCUT2D eigenvalue weighted by molar-refractivity contribution is 7.89. The van der Waals surface area contributed by atoms with Crippen LogP contribution in [-0.2, 0) is 16.2 Å². The number of benzene rings is 1. The highest BCUT2D eigenvalue weighted by Crippen LogP contribution is 2.37. The number of para-hydroxylation sites is 1. The quantitative estimate of drug-likeness (QED) is 0.810. The standard InChI is InChI=1S/C17H20F3N3O2S/c18-17(19,20)16-11-14(12-7-3-1-2-4-8-12)23(22-16)13-9-5-6-10-15(13)26(21,24)25/h5-6,9-12H,1-4,7-8H2,(H2,21,24,25). The Hall–Kier alpha value is -1.87. The van der Waals surface area contributed by atoms with Crippen molar-refractivity contribution in [3.63, 3.8) is 0 Å². The zero-order valence-electron chi connectivity index (χ0n) is 14.0. The molecule has 1 heterocycles. The second-order valence-electron chi connectivity index (χ2n) is 6.57. The summed E-state index contributed by atoms with van der Waals surface area (Å²) < 4.78 is 64.7. The van der Waals surface area contributed by atoms with Crippen molar-refractivity contribution in [2.75, 3.05) is 0 Å². The summed E-state index contributed by atoms with van der Waals surface area (Å²) in [7, 11) is -4.10. The lowest BCUT2D eigenvalue weighted by molar-refractivity contribution is -0.141. The third kappa shape index (κ3) is 3.93. The van der Waals surface area contributed by atoms with E-state index in [-0.39, 0.29) is 16.5 Å². The van der Waals surface area contributed by atoms with Crippen LogP contribution < -0.4 is 5.14 Å². The summed E-state index contributed by atoms with van der Waals surface area (Å²) >= 11 is 0. The van der Waals surface area contributed by atoms with E-state index >= 15 is 0 Å². The maximum absolute atomic E-state index is 13.3. The molecule has 0 bridgehead atoms. The first-order valence-electron chi connectivity index (χ1n) is 8.47. The number of hydrogen-bond donors (Lipinski definition) is 1. The molecule has 0 spiro atoms. The van der Waals surface area contributed by atoms with E-state index in [0.717, 1.165) is 49.3 Å². The minimum absolute atomic E-state index is 0.0461. The number of hydrogen-bond acceptors (Lipinski definition) is 3. The monoisotopic (exact) mass is 387 g/mol. The number of sulfonamides is 1. The highest BCUT2D eigenvalue weighted by Gasteiger charge is 2.36. The van der Waals surface area contributed by atoms with Crippen LogP contribution in [0.3, 0.4) is 0 Å². The molecule has 0 radical (unpaired) electrons. The minimum atomic E-state index is -4.61. The van der Waals surface area contributed by atoms with Crippen molar-refractivity contribution in [1.82, 2.24) is 9.78 Å². The first kappa shape index (κ1) is 18.9. The SMILES string of the molecule is NS(=O)(=O)c1ccccc1-n1nc(C(F)(F)F)cc1C1CCCCCC1. The molecule has 2 N–H and O–H groups in total. The van der Waals surface area contributed by atoms with E-state index in [2.05, 4.69) is 5.10 Å². The summed E-state index contributed by atoms with van der Waals surface area (Å²) in [5, 5.41) is 8.95. The molecule has 0 amide bonds. The third-order valence-electron chi connectivity index (χ3n) is 4.70. The molecule has 142 valence electrons. The number of aromatic nitrogens is 2. The van der Waals surface area contributed by atoms with Crippen molar-refractivity contribution in [3.05, 3.63) is 41.7 Å². The van der Waals surface area contributed by atoms with Gasteiger partial charge in [-0.1, -0.05) is 37.8 Å². The van der Waals surface area contributed by atoms with Crippen LogP contribution >= 0.6 is 0 Å². The average Bonchev–Trinajstić information content (AvgIpc) is 2.84. The van der Waals surface area contributed by atoms with Gasteiger partial charge in [0.2, 0.25) is 10.0 Å². The molecule has 5 nitrogen and oxygen atoms in total. The minimum Gasteiger partial charge on any atom is -0.236 e. The number of rotatable bonds is 3. The van der Waals surface area contributed by atoms with Gasteiger partial charge in [-0.25, -0.2) is 18.2 Å². The lowest BCUT2D eigenvalue weighted by Crippen LogP contribution is -2.17. The molecule has 3 rings (SSSR count). The van der Waals surface area contributed by atoms with Crippen molar-refractivity contribution in [2.45, 2.75) is 55.5 Å². The van der Waals surface area contributed by atoms with Crippen LogP contribution in [0.2, 0.25) is 0 Å². The highest BCUT2D eigenvalue weighted by atomic mass is 32.2. The van der Waals surface area contributed by atoms with Crippen LogP contribution in [0, 0.1) is 0 Å². The van der Waals surface area contributed by atoms with E-state index in [0.29, 0.717) is 5.69 Å². The first-order chi connectivity index (χ1) is 12.2. The van der Waals surface area contributed by atoms with E-state index in [4.69, 9.17) is 5.14 Å².